The molecule has 0 bridgehead atoms. The maximum absolute atomic E-state index is 2.34. The molecule has 58 valence electrons. The summed E-state index contributed by atoms with van der Waals surface area (Å²) in [7, 11) is 0. The van der Waals surface area contributed by atoms with Crippen LogP contribution in [0.4, 0.5) is 0 Å². The van der Waals surface area contributed by atoms with E-state index in [2.05, 4.69) is 48.6 Å². The van der Waals surface area contributed by atoms with Gasteiger partial charge in [0.15, 0.2) is 0 Å². The number of hydrogen-bond donors (Lipinski definition) is 0. The van der Waals surface area contributed by atoms with Gasteiger partial charge in [0, 0.05) is 0 Å². The van der Waals surface area contributed by atoms with E-state index in [1.54, 1.807) is 0 Å². The van der Waals surface area contributed by atoms with Gasteiger partial charge >= 0.3 is 79.1 Å². The van der Waals surface area contributed by atoms with Crippen LogP contribution in [-0.2, 0) is 23.2 Å². The molecular formula is C10H14Zr. The van der Waals surface area contributed by atoms with Crippen LogP contribution in [0.3, 0.4) is 0 Å². The Morgan fingerprint density at radius 2 is 1.09 bits per heavy atom. The zero-order valence-electron chi connectivity index (χ0n) is 10.3. The molecule has 2 aliphatic rings. The summed E-state index contributed by atoms with van der Waals surface area (Å²) in [5, 5.41) is 0. The molecule has 0 saturated heterocycles. The molecule has 0 aromatic heterocycles. The van der Waals surface area contributed by atoms with E-state index in [9.17, 15) is 0 Å². The first-order valence-corrected chi connectivity index (χ1v) is 6.75. The van der Waals surface area contributed by atoms with Gasteiger partial charge in [0.05, 0.1) is 0 Å². The van der Waals surface area contributed by atoms with E-state index in [4.69, 9.17) is 0 Å². The summed E-state index contributed by atoms with van der Waals surface area (Å²) in [6.45, 7) is 0. The third-order valence-corrected chi connectivity index (χ3v) is 5.67. The molecule has 2 aliphatic carbocycles. The van der Waals surface area contributed by atoms with Crippen molar-refractivity contribution in [2.75, 3.05) is 0 Å². The Hall–Kier alpha value is -0.157. The van der Waals surface area contributed by atoms with Crippen LogP contribution in [0, 0.1) is 0 Å². The van der Waals surface area contributed by atoms with E-state index >= 15 is 0 Å². The predicted molar refractivity (Wildman–Crippen MR) is 48.5 cm³/mol. The molecule has 0 aromatic rings. The minimum absolute atomic E-state index is 0. The Labute approximate surface area is 84.9 Å². The van der Waals surface area contributed by atoms with Gasteiger partial charge in [0.2, 0.25) is 0 Å². The first kappa shape index (κ1) is 7.49. The van der Waals surface area contributed by atoms with Gasteiger partial charge in [0.1, 0.15) is 0 Å². The third-order valence-electron chi connectivity index (χ3n) is 1.88. The summed E-state index contributed by atoms with van der Waals surface area (Å²) in [6.07, 6.45) is 18.1. The Morgan fingerprint density at radius 3 is 1.45 bits per heavy atom. The van der Waals surface area contributed by atoms with Crippen LogP contribution >= 0.6 is 0 Å². The molecule has 11 heavy (non-hydrogen) atoms. The summed E-state index contributed by atoms with van der Waals surface area (Å²) in [4.78, 5) is 0. The van der Waals surface area contributed by atoms with E-state index in [-0.39, 0.29) is 28.9 Å². The van der Waals surface area contributed by atoms with Crippen molar-refractivity contribution in [1.82, 2.24) is 0 Å². The van der Waals surface area contributed by atoms with Crippen LogP contribution in [0.5, 0.6) is 0 Å². The molecule has 0 aliphatic heterocycles. The Balaban J connectivity index is -0.000000360. The summed E-state index contributed by atoms with van der Waals surface area (Å²) in [6, 6.07) is 0. The molecule has 0 aromatic carbocycles. The molecule has 0 fully saturated rings. The molecule has 0 nitrogen and oxygen atoms in total. The molecule has 0 N–H and O–H groups in total. The molecule has 0 unspecified atom stereocenters. The fourth-order valence-corrected chi connectivity index (χ4v) is 4.59. The first-order chi connectivity index (χ1) is 5.45. The quantitative estimate of drug-likeness (QED) is 0.676. The van der Waals surface area contributed by atoms with Gasteiger partial charge < -0.3 is 5.71 Å². The normalized spacial score (nSPS) is 22.9. The van der Waals surface area contributed by atoms with E-state index in [0.29, 0.717) is 0 Å². The second kappa shape index (κ2) is 3.49. The Morgan fingerprint density at radius 1 is 0.727 bits per heavy atom. The zero-order valence-corrected chi connectivity index (χ0v) is 8.73. The van der Waals surface area contributed by atoms with Gasteiger partial charge in [-0.05, 0) is 0 Å². The second-order valence-electron chi connectivity index (χ2n) is 2.76. The molecule has 0 radical (unpaired) electrons. The van der Waals surface area contributed by atoms with Gasteiger partial charge in [-0.15, -0.1) is 0 Å². The molecule has 0 atom stereocenters. The minimum atomic E-state index is -0.256. The van der Waals surface area contributed by atoms with Crippen molar-refractivity contribution in [2.45, 2.75) is 7.25 Å². The monoisotopic (exact) mass is 224 g/mol. The van der Waals surface area contributed by atoms with Crippen molar-refractivity contribution in [3.8, 4) is 0 Å². The van der Waals surface area contributed by atoms with Crippen LogP contribution in [0.25, 0.3) is 0 Å². The van der Waals surface area contributed by atoms with Crippen LogP contribution in [0.15, 0.2) is 48.6 Å². The van der Waals surface area contributed by atoms with Crippen molar-refractivity contribution in [2.24, 2.45) is 0 Å². The minimum Gasteiger partial charge on any atom is -1.00 e. The fraction of sp³-hybridized carbons (Fsp3) is 0.200. The number of allylic oxidation sites excluding steroid dienone is 8. The maximum Gasteiger partial charge on any atom is -1.00 e. The van der Waals surface area contributed by atoms with Crippen LogP contribution < -0.4 is 0 Å². The molecule has 2 rings (SSSR count). The van der Waals surface area contributed by atoms with Gasteiger partial charge in [-0.25, -0.2) is 0 Å². The molecular weight excluding hydrogens is 211 g/mol. The van der Waals surface area contributed by atoms with Gasteiger partial charge in [-0.1, -0.05) is 0 Å². The number of hydrogen-bond acceptors (Lipinski definition) is 0. The van der Waals surface area contributed by atoms with Crippen molar-refractivity contribution in [1.29, 1.82) is 0 Å². The molecule has 1 heteroatoms. The summed E-state index contributed by atoms with van der Waals surface area (Å²) in [5.41, 5.74) is 0. The van der Waals surface area contributed by atoms with Gasteiger partial charge in [0.25, 0.3) is 0 Å². The summed E-state index contributed by atoms with van der Waals surface area (Å²) < 4.78 is 1.69. The van der Waals surface area contributed by atoms with E-state index in [1.165, 1.54) is 0 Å². The van der Waals surface area contributed by atoms with Crippen molar-refractivity contribution < 1.29 is 28.9 Å². The Kier molecular flexibility index (Phi) is 2.38. The van der Waals surface area contributed by atoms with E-state index < -0.39 is 0 Å². The van der Waals surface area contributed by atoms with Crippen LogP contribution in [-0.4, -0.2) is 0 Å². The number of rotatable bonds is 2. The molecule has 0 heterocycles. The smallest absolute Gasteiger partial charge is 1.00 e. The van der Waals surface area contributed by atoms with Crippen molar-refractivity contribution >= 4 is 0 Å². The topological polar surface area (TPSA) is 0 Å². The average Bonchev–Trinajstić information content (AvgIpc) is 2.60. The van der Waals surface area contributed by atoms with E-state index in [0.717, 1.165) is 7.25 Å². The second-order valence-corrected chi connectivity index (χ2v) is 6.85. The fourth-order valence-electron chi connectivity index (χ4n) is 1.31. The standard InChI is InChI=1S/2C5H5.Zr.4H/c2*1-2-4-5-3-1;;;;;/h2*1-5H;;;;;/q;;+4;4*-1. The van der Waals surface area contributed by atoms with E-state index in [1.807, 2.05) is 0 Å². The molecule has 0 amide bonds. The third kappa shape index (κ3) is 1.90. The van der Waals surface area contributed by atoms with Gasteiger partial charge in [-0.2, -0.15) is 0 Å². The average molecular weight is 225 g/mol. The van der Waals surface area contributed by atoms with Crippen LogP contribution in [0.2, 0.25) is 7.25 Å². The Bertz CT molecular complexity index is 208. The predicted octanol–water partition coefficient (Wildman–Crippen LogP) is 3.35. The maximum atomic E-state index is 2.34. The molecule has 0 spiro atoms. The first-order valence-electron chi connectivity index (χ1n) is 3.91. The van der Waals surface area contributed by atoms with Crippen molar-refractivity contribution in [3.63, 3.8) is 0 Å². The zero-order chi connectivity index (χ0) is 7.52. The summed E-state index contributed by atoms with van der Waals surface area (Å²) >= 11 is -0.256. The summed E-state index contributed by atoms with van der Waals surface area (Å²) in [5.74, 6) is 0. The molecule has 0 saturated carbocycles. The largest absolute Gasteiger partial charge is 1.00 e. The van der Waals surface area contributed by atoms with Gasteiger partial charge in [-0.3, -0.25) is 0 Å². The van der Waals surface area contributed by atoms with Crippen molar-refractivity contribution in [3.05, 3.63) is 48.6 Å². The SMILES string of the molecule is C1=C[CH]([Zr+4][CH]2C=CC=C2)C=C1.[H-].[H-].[H-].[H-]. The van der Waals surface area contributed by atoms with Crippen LogP contribution in [0.1, 0.15) is 5.71 Å².